The van der Waals surface area contributed by atoms with E-state index in [0.29, 0.717) is 6.42 Å². The molecule has 1 aromatic heterocycles. The van der Waals surface area contributed by atoms with Gasteiger partial charge in [0.15, 0.2) is 0 Å². The number of halogens is 1. The zero-order valence-corrected chi connectivity index (χ0v) is 12.5. The lowest BCUT2D eigenvalue weighted by Gasteiger charge is -2.42. The van der Waals surface area contributed by atoms with E-state index < -0.39 is 0 Å². The van der Waals surface area contributed by atoms with Gasteiger partial charge in [0.05, 0.1) is 6.42 Å². The molecule has 1 unspecified atom stereocenters. The van der Waals surface area contributed by atoms with Crippen molar-refractivity contribution < 1.29 is 4.79 Å². The van der Waals surface area contributed by atoms with Gasteiger partial charge in [-0.25, -0.2) is 0 Å². The van der Waals surface area contributed by atoms with Gasteiger partial charge in [-0.2, -0.15) is 0 Å². The van der Waals surface area contributed by atoms with Gasteiger partial charge < -0.3 is 10.6 Å². The van der Waals surface area contributed by atoms with Gasteiger partial charge >= 0.3 is 0 Å². The number of carbonyl (C=O) groups excluding carboxylic acids is 1. The highest BCUT2D eigenvalue weighted by atomic mass is 35.5. The molecule has 2 rings (SSSR count). The quantitative estimate of drug-likeness (QED) is 0.908. The molecule has 0 bridgehead atoms. The topological polar surface area (TPSA) is 46.3 Å². The van der Waals surface area contributed by atoms with Gasteiger partial charge in [0.25, 0.3) is 0 Å². The van der Waals surface area contributed by atoms with Crippen LogP contribution in [-0.4, -0.2) is 29.9 Å². The monoisotopic (exact) mass is 288 g/mol. The molecule has 0 aromatic carbocycles. The summed E-state index contributed by atoms with van der Waals surface area (Å²) in [4.78, 5) is 15.3. The van der Waals surface area contributed by atoms with Crippen molar-refractivity contribution in [2.45, 2.75) is 32.7 Å². The van der Waals surface area contributed by atoms with Crippen molar-refractivity contribution in [2.75, 3.05) is 13.1 Å². The summed E-state index contributed by atoms with van der Waals surface area (Å²) in [5, 5.41) is 2.01. The largest absolute Gasteiger partial charge is 0.342 e. The van der Waals surface area contributed by atoms with Crippen LogP contribution in [0.4, 0.5) is 0 Å². The standard InChI is InChI=1S/C13H20N2OS.ClH/c1-13(2)9-15(6-5-11(13)14)12(16)8-10-4-3-7-17-10;/h3-4,7,11H,5-6,8-9,14H2,1-2H3;1H. The van der Waals surface area contributed by atoms with Gasteiger partial charge in [-0.3, -0.25) is 4.79 Å². The summed E-state index contributed by atoms with van der Waals surface area (Å²) in [6, 6.07) is 4.21. The normalized spacial score (nSPS) is 22.4. The number of hydrogen-bond acceptors (Lipinski definition) is 3. The minimum atomic E-state index is 0. The van der Waals surface area contributed by atoms with Crippen LogP contribution >= 0.6 is 23.7 Å². The molecule has 0 radical (unpaired) electrons. The Hall–Kier alpha value is -0.580. The molecule has 0 saturated carbocycles. The second-order valence-electron chi connectivity index (χ2n) is 5.46. The number of nitrogens with zero attached hydrogens (tertiary/aromatic N) is 1. The molecule has 2 heterocycles. The molecule has 0 aliphatic carbocycles. The van der Waals surface area contributed by atoms with E-state index in [9.17, 15) is 4.79 Å². The van der Waals surface area contributed by atoms with Crippen LogP contribution in [0.25, 0.3) is 0 Å². The lowest BCUT2D eigenvalue weighted by molar-refractivity contribution is -0.133. The van der Waals surface area contributed by atoms with E-state index in [1.165, 1.54) is 0 Å². The van der Waals surface area contributed by atoms with E-state index in [2.05, 4.69) is 13.8 Å². The van der Waals surface area contributed by atoms with Crippen LogP contribution < -0.4 is 5.73 Å². The molecule has 1 aromatic rings. The van der Waals surface area contributed by atoms with E-state index in [-0.39, 0.29) is 29.8 Å². The van der Waals surface area contributed by atoms with E-state index in [0.717, 1.165) is 24.4 Å². The average Bonchev–Trinajstić information content (AvgIpc) is 2.74. The molecule has 102 valence electrons. The van der Waals surface area contributed by atoms with Crippen LogP contribution in [0, 0.1) is 5.41 Å². The Bertz CT molecular complexity index is 392. The van der Waals surface area contributed by atoms with Crippen LogP contribution in [0.1, 0.15) is 25.1 Å². The minimum absolute atomic E-state index is 0. The lowest BCUT2D eigenvalue weighted by atomic mass is 9.79. The van der Waals surface area contributed by atoms with Gasteiger partial charge in [0.1, 0.15) is 0 Å². The zero-order valence-electron chi connectivity index (χ0n) is 10.9. The molecule has 3 nitrogen and oxygen atoms in total. The maximum Gasteiger partial charge on any atom is 0.227 e. The molecule has 1 saturated heterocycles. The number of nitrogens with two attached hydrogens (primary N) is 1. The van der Waals surface area contributed by atoms with E-state index >= 15 is 0 Å². The first kappa shape index (κ1) is 15.5. The Kier molecular flexibility index (Phi) is 5.20. The Morgan fingerprint density at radius 1 is 1.61 bits per heavy atom. The fourth-order valence-electron chi connectivity index (χ4n) is 2.26. The van der Waals surface area contributed by atoms with Crippen LogP contribution in [0.2, 0.25) is 0 Å². The van der Waals surface area contributed by atoms with Crippen molar-refractivity contribution in [2.24, 2.45) is 11.1 Å². The summed E-state index contributed by atoms with van der Waals surface area (Å²) in [7, 11) is 0. The van der Waals surface area contributed by atoms with Gasteiger partial charge in [-0.05, 0) is 23.3 Å². The lowest BCUT2D eigenvalue weighted by Crippen LogP contribution is -2.54. The number of rotatable bonds is 2. The van der Waals surface area contributed by atoms with Gasteiger partial charge in [-0.1, -0.05) is 19.9 Å². The smallest absolute Gasteiger partial charge is 0.227 e. The van der Waals surface area contributed by atoms with Crippen LogP contribution in [-0.2, 0) is 11.2 Å². The SMILES string of the molecule is CC1(C)CN(C(=O)Cc2cccs2)CCC1N.Cl. The predicted molar refractivity (Wildman–Crippen MR) is 78.2 cm³/mol. The number of amides is 1. The van der Waals surface area contributed by atoms with Crippen LogP contribution in [0.3, 0.4) is 0 Å². The van der Waals surface area contributed by atoms with Crippen LogP contribution in [0.15, 0.2) is 17.5 Å². The van der Waals surface area contributed by atoms with Crippen molar-refractivity contribution in [3.05, 3.63) is 22.4 Å². The summed E-state index contributed by atoms with van der Waals surface area (Å²) < 4.78 is 0. The minimum Gasteiger partial charge on any atom is -0.342 e. The maximum atomic E-state index is 12.2. The Balaban J connectivity index is 0.00000162. The van der Waals surface area contributed by atoms with Crippen molar-refractivity contribution in [1.82, 2.24) is 4.90 Å². The summed E-state index contributed by atoms with van der Waals surface area (Å²) >= 11 is 1.64. The number of thiophene rings is 1. The van der Waals surface area contributed by atoms with E-state index in [1.807, 2.05) is 22.4 Å². The van der Waals surface area contributed by atoms with E-state index in [1.54, 1.807) is 11.3 Å². The van der Waals surface area contributed by atoms with Crippen molar-refractivity contribution in [3.63, 3.8) is 0 Å². The highest BCUT2D eigenvalue weighted by Gasteiger charge is 2.35. The third-order valence-electron chi connectivity index (χ3n) is 3.57. The zero-order chi connectivity index (χ0) is 12.5. The Labute approximate surface area is 119 Å². The predicted octanol–water partition coefficient (Wildman–Crippen LogP) is 2.30. The highest BCUT2D eigenvalue weighted by molar-refractivity contribution is 7.10. The second kappa shape index (κ2) is 6.04. The molecule has 1 fully saturated rings. The average molecular weight is 289 g/mol. The molecule has 1 atom stereocenters. The summed E-state index contributed by atoms with van der Waals surface area (Å²) in [5.41, 5.74) is 6.11. The highest BCUT2D eigenvalue weighted by Crippen LogP contribution is 2.28. The number of carbonyl (C=O) groups is 1. The first-order chi connectivity index (χ1) is 7.99. The molecule has 18 heavy (non-hydrogen) atoms. The molecule has 2 N–H and O–H groups in total. The third-order valence-corrected chi connectivity index (χ3v) is 4.45. The number of likely N-dealkylation sites (tertiary alicyclic amines) is 1. The summed E-state index contributed by atoms with van der Waals surface area (Å²) in [5.74, 6) is 0.229. The van der Waals surface area contributed by atoms with Crippen molar-refractivity contribution in [3.8, 4) is 0 Å². The molecule has 0 spiro atoms. The number of hydrogen-bond donors (Lipinski definition) is 1. The molecule has 5 heteroatoms. The van der Waals surface area contributed by atoms with Gasteiger partial charge in [0, 0.05) is 24.0 Å². The summed E-state index contributed by atoms with van der Waals surface area (Å²) in [6.07, 6.45) is 1.44. The summed E-state index contributed by atoms with van der Waals surface area (Å²) in [6.45, 7) is 5.86. The number of piperidine rings is 1. The molecular formula is C13H21ClN2OS. The third kappa shape index (κ3) is 3.46. The van der Waals surface area contributed by atoms with Gasteiger partial charge in [0.2, 0.25) is 5.91 Å². The molecule has 1 amide bonds. The van der Waals surface area contributed by atoms with Crippen molar-refractivity contribution in [1.29, 1.82) is 0 Å². The molecule has 1 aliphatic heterocycles. The molecule has 1 aliphatic rings. The molecular weight excluding hydrogens is 268 g/mol. The Morgan fingerprint density at radius 3 is 2.89 bits per heavy atom. The maximum absolute atomic E-state index is 12.2. The first-order valence-electron chi connectivity index (χ1n) is 6.05. The fraction of sp³-hybridized carbons (Fsp3) is 0.615. The second-order valence-corrected chi connectivity index (χ2v) is 6.49. The van der Waals surface area contributed by atoms with E-state index in [4.69, 9.17) is 5.73 Å². The first-order valence-corrected chi connectivity index (χ1v) is 6.93. The fourth-order valence-corrected chi connectivity index (χ4v) is 2.96. The van der Waals surface area contributed by atoms with Crippen molar-refractivity contribution >= 4 is 29.7 Å². The van der Waals surface area contributed by atoms with Crippen LogP contribution in [0.5, 0.6) is 0 Å². The van der Waals surface area contributed by atoms with Gasteiger partial charge in [-0.15, -0.1) is 23.7 Å². The Morgan fingerprint density at radius 2 is 2.33 bits per heavy atom.